The van der Waals surface area contributed by atoms with Gasteiger partial charge in [0.05, 0.1) is 18.9 Å². The zero-order valence-corrected chi connectivity index (χ0v) is 18.5. The SMILES string of the molecule is O=C1c2c(O)c(=O)ccn2N([C@H]2c3ccc(F)c(F)c3CSc3cccnc32)[C@@H]2COCCN12. The van der Waals surface area contributed by atoms with E-state index in [-0.39, 0.29) is 30.2 Å². The highest BCUT2D eigenvalue weighted by molar-refractivity contribution is 7.98. The third-order valence-corrected chi connectivity index (χ3v) is 7.49. The summed E-state index contributed by atoms with van der Waals surface area (Å²) in [4.78, 5) is 32.4. The molecule has 1 fully saturated rings. The molecule has 0 bridgehead atoms. The summed E-state index contributed by atoms with van der Waals surface area (Å²) in [6.07, 6.45) is 2.38. The highest BCUT2D eigenvalue weighted by Gasteiger charge is 2.46. The minimum absolute atomic E-state index is 0.142. The number of benzene rings is 1. The van der Waals surface area contributed by atoms with Crippen molar-refractivity contribution in [1.82, 2.24) is 14.6 Å². The first-order valence-electron chi connectivity index (χ1n) is 10.6. The molecule has 34 heavy (non-hydrogen) atoms. The molecule has 2 atom stereocenters. The van der Waals surface area contributed by atoms with E-state index in [9.17, 15) is 19.1 Å². The number of aromatic hydroxyl groups is 1. The molecule has 11 heteroatoms. The highest BCUT2D eigenvalue weighted by Crippen LogP contribution is 2.44. The first kappa shape index (κ1) is 21.1. The van der Waals surface area contributed by atoms with Gasteiger partial charge in [0, 0.05) is 41.2 Å². The van der Waals surface area contributed by atoms with Crippen LogP contribution < -0.4 is 10.4 Å². The van der Waals surface area contributed by atoms with Crippen molar-refractivity contribution in [1.29, 1.82) is 0 Å². The number of carbonyl (C=O) groups is 1. The highest BCUT2D eigenvalue weighted by atomic mass is 32.2. The summed E-state index contributed by atoms with van der Waals surface area (Å²) in [6, 6.07) is 6.62. The molecule has 0 spiro atoms. The molecule has 1 N–H and O–H groups in total. The smallest absolute Gasteiger partial charge is 0.278 e. The van der Waals surface area contributed by atoms with Crippen LogP contribution in [-0.4, -0.2) is 51.5 Å². The summed E-state index contributed by atoms with van der Waals surface area (Å²) in [5, 5.41) is 12.3. The molecule has 0 saturated carbocycles. The fourth-order valence-corrected chi connectivity index (χ4v) is 5.92. The van der Waals surface area contributed by atoms with E-state index in [0.717, 1.165) is 17.0 Å². The molecule has 1 saturated heterocycles. The Morgan fingerprint density at radius 2 is 2.03 bits per heavy atom. The Labute approximate surface area is 196 Å². The van der Waals surface area contributed by atoms with Gasteiger partial charge in [0.2, 0.25) is 5.43 Å². The molecule has 0 aliphatic carbocycles. The number of pyridine rings is 2. The minimum atomic E-state index is -0.949. The predicted molar refractivity (Wildman–Crippen MR) is 118 cm³/mol. The van der Waals surface area contributed by atoms with Crippen LogP contribution in [0.2, 0.25) is 0 Å². The first-order chi connectivity index (χ1) is 16.5. The molecular weight excluding hydrogens is 466 g/mol. The van der Waals surface area contributed by atoms with E-state index in [0.29, 0.717) is 17.9 Å². The lowest BCUT2D eigenvalue weighted by molar-refractivity contribution is -0.0199. The molecule has 3 aliphatic rings. The van der Waals surface area contributed by atoms with Gasteiger partial charge in [-0.3, -0.25) is 24.3 Å². The van der Waals surface area contributed by atoms with Crippen molar-refractivity contribution >= 4 is 17.7 Å². The molecule has 1 aromatic carbocycles. The van der Waals surface area contributed by atoms with Crippen molar-refractivity contribution in [2.24, 2.45) is 0 Å². The average Bonchev–Trinajstić information content (AvgIpc) is 3.01. The zero-order chi connectivity index (χ0) is 23.6. The summed E-state index contributed by atoms with van der Waals surface area (Å²) >= 11 is 1.34. The predicted octanol–water partition coefficient (Wildman–Crippen LogP) is 2.37. The molecule has 0 unspecified atom stereocenters. The third kappa shape index (κ3) is 2.96. The normalized spacial score (nSPS) is 21.3. The Kier molecular flexibility index (Phi) is 4.85. The number of hydrogen-bond acceptors (Lipinski definition) is 7. The van der Waals surface area contributed by atoms with Crippen molar-refractivity contribution in [2.45, 2.75) is 22.9 Å². The van der Waals surface area contributed by atoms with Gasteiger partial charge in [0.25, 0.3) is 5.91 Å². The van der Waals surface area contributed by atoms with Gasteiger partial charge < -0.3 is 14.7 Å². The van der Waals surface area contributed by atoms with Gasteiger partial charge in [-0.05, 0) is 23.8 Å². The minimum Gasteiger partial charge on any atom is -0.502 e. The number of ether oxygens (including phenoxy) is 1. The number of thioether (sulfide) groups is 1. The molecule has 174 valence electrons. The average molecular weight is 484 g/mol. The van der Waals surface area contributed by atoms with Crippen LogP contribution in [0.3, 0.4) is 0 Å². The van der Waals surface area contributed by atoms with Crippen molar-refractivity contribution in [2.75, 3.05) is 24.8 Å². The maximum atomic E-state index is 15.0. The van der Waals surface area contributed by atoms with Crippen LogP contribution in [0.4, 0.5) is 8.78 Å². The van der Waals surface area contributed by atoms with E-state index >= 15 is 4.39 Å². The molecule has 3 aliphatic heterocycles. The number of rotatable bonds is 1. The largest absolute Gasteiger partial charge is 0.502 e. The Morgan fingerprint density at radius 1 is 1.18 bits per heavy atom. The molecule has 3 aromatic rings. The Balaban J connectivity index is 1.67. The molecule has 5 heterocycles. The summed E-state index contributed by atoms with van der Waals surface area (Å²) in [5.41, 5.74) is 0.382. The van der Waals surface area contributed by atoms with Crippen LogP contribution in [-0.2, 0) is 10.5 Å². The number of carbonyl (C=O) groups excluding carboxylic acids is 1. The van der Waals surface area contributed by atoms with Gasteiger partial charge in [-0.1, -0.05) is 6.07 Å². The summed E-state index contributed by atoms with van der Waals surface area (Å²) in [6.45, 7) is 0.673. The van der Waals surface area contributed by atoms with E-state index < -0.39 is 40.9 Å². The second kappa shape index (κ2) is 7.81. The van der Waals surface area contributed by atoms with Gasteiger partial charge in [-0.25, -0.2) is 8.78 Å². The summed E-state index contributed by atoms with van der Waals surface area (Å²) in [7, 11) is 0. The van der Waals surface area contributed by atoms with Crippen LogP contribution in [0.5, 0.6) is 5.75 Å². The molecule has 8 nitrogen and oxygen atoms in total. The van der Waals surface area contributed by atoms with Gasteiger partial charge in [-0.15, -0.1) is 11.8 Å². The van der Waals surface area contributed by atoms with Crippen molar-refractivity contribution in [3.63, 3.8) is 0 Å². The quantitative estimate of drug-likeness (QED) is 0.568. The lowest BCUT2D eigenvalue weighted by Crippen LogP contribution is -2.66. The van der Waals surface area contributed by atoms with Gasteiger partial charge in [-0.2, -0.15) is 0 Å². The van der Waals surface area contributed by atoms with Gasteiger partial charge >= 0.3 is 0 Å². The molecular formula is C23H18F2N4O4S. The van der Waals surface area contributed by atoms with E-state index in [1.54, 1.807) is 17.3 Å². The molecule has 0 radical (unpaired) electrons. The number of halogens is 2. The van der Waals surface area contributed by atoms with Gasteiger partial charge in [0.15, 0.2) is 23.1 Å². The maximum Gasteiger partial charge on any atom is 0.278 e. The van der Waals surface area contributed by atoms with Crippen molar-refractivity contribution < 1.29 is 23.4 Å². The number of hydrogen-bond donors (Lipinski definition) is 1. The van der Waals surface area contributed by atoms with Crippen LogP contribution in [0.25, 0.3) is 0 Å². The van der Waals surface area contributed by atoms with E-state index in [1.807, 2.05) is 6.07 Å². The van der Waals surface area contributed by atoms with E-state index in [4.69, 9.17) is 4.74 Å². The number of amides is 1. The third-order valence-electron chi connectivity index (χ3n) is 6.40. The summed E-state index contributed by atoms with van der Waals surface area (Å²) in [5.74, 6) is -2.87. The Morgan fingerprint density at radius 3 is 2.88 bits per heavy atom. The van der Waals surface area contributed by atoms with E-state index in [1.165, 1.54) is 33.6 Å². The topological polar surface area (TPSA) is 87.9 Å². The standard InChI is InChI=1S/C23H18F2N4O4S/c24-14-4-3-12-13(18(14)25)11-34-16-2-1-6-26-19(16)20(12)29-17-10-33-9-8-27(17)23(32)21-22(31)15(30)5-7-28(21)29/h1-7,17,20,31H,8-11H2/t17-,20+/m1/s1. The first-order valence-corrected chi connectivity index (χ1v) is 11.6. The monoisotopic (exact) mass is 484 g/mol. The molecule has 2 aromatic heterocycles. The van der Waals surface area contributed by atoms with Gasteiger partial charge in [0.1, 0.15) is 12.2 Å². The van der Waals surface area contributed by atoms with Crippen molar-refractivity contribution in [3.05, 3.63) is 87.1 Å². The van der Waals surface area contributed by atoms with Crippen LogP contribution in [0.15, 0.2) is 52.4 Å². The summed E-state index contributed by atoms with van der Waals surface area (Å²) < 4.78 is 36.4. The van der Waals surface area contributed by atoms with Crippen LogP contribution in [0, 0.1) is 11.6 Å². The number of nitrogens with zero attached hydrogens (tertiary/aromatic N) is 4. The second-order valence-electron chi connectivity index (χ2n) is 8.16. The maximum absolute atomic E-state index is 15.0. The van der Waals surface area contributed by atoms with Crippen LogP contribution >= 0.6 is 11.8 Å². The Bertz CT molecular complexity index is 1400. The van der Waals surface area contributed by atoms with E-state index in [2.05, 4.69) is 4.98 Å². The Hall–Kier alpha value is -3.44. The van der Waals surface area contributed by atoms with Crippen molar-refractivity contribution in [3.8, 4) is 5.75 Å². The molecule has 1 amide bonds. The lowest BCUT2D eigenvalue weighted by Gasteiger charge is -2.51. The molecule has 6 rings (SSSR count). The number of fused-ring (bicyclic) bond motifs is 4. The lowest BCUT2D eigenvalue weighted by atomic mass is 9.96. The van der Waals surface area contributed by atoms with Crippen LogP contribution in [0.1, 0.15) is 33.4 Å². The fourth-order valence-electron chi connectivity index (χ4n) is 4.84. The number of morpholine rings is 1. The number of aromatic nitrogens is 2. The second-order valence-corrected chi connectivity index (χ2v) is 9.18. The zero-order valence-electron chi connectivity index (χ0n) is 17.6. The fraction of sp³-hybridized carbons (Fsp3) is 0.261.